The van der Waals surface area contributed by atoms with E-state index in [1.165, 1.54) is 32.6 Å². The van der Waals surface area contributed by atoms with Crippen LogP contribution in [-0.2, 0) is 14.3 Å². The first kappa shape index (κ1) is 29.2. The summed E-state index contributed by atoms with van der Waals surface area (Å²) < 4.78 is 5.80. The van der Waals surface area contributed by atoms with Gasteiger partial charge in [0.2, 0.25) is 0 Å². The van der Waals surface area contributed by atoms with Gasteiger partial charge in [-0.1, -0.05) is 74.0 Å². The Bertz CT molecular complexity index is 1130. The summed E-state index contributed by atoms with van der Waals surface area (Å²) in [4.78, 5) is 25.3. The molecular weight excluding hydrogens is 484 g/mol. The van der Waals surface area contributed by atoms with Crippen LogP contribution in [0.2, 0.25) is 0 Å². The van der Waals surface area contributed by atoms with Crippen LogP contribution in [0.4, 0.5) is 0 Å². The summed E-state index contributed by atoms with van der Waals surface area (Å²) in [6, 6.07) is 0. The van der Waals surface area contributed by atoms with Crippen LogP contribution in [0.1, 0.15) is 134 Å². The van der Waals surface area contributed by atoms with E-state index in [4.69, 9.17) is 4.74 Å². The van der Waals surface area contributed by atoms with Gasteiger partial charge in [0.15, 0.2) is 0 Å². The third kappa shape index (κ3) is 2.93. The van der Waals surface area contributed by atoms with E-state index in [1.54, 1.807) is 5.57 Å². The Morgan fingerprint density at radius 3 is 2.00 bits per heavy atom. The first-order chi connectivity index (χ1) is 17.8. The van der Waals surface area contributed by atoms with Gasteiger partial charge in [-0.15, -0.1) is 0 Å². The molecule has 0 heterocycles. The van der Waals surface area contributed by atoms with Gasteiger partial charge in [-0.25, -0.2) is 0 Å². The van der Waals surface area contributed by atoms with E-state index >= 15 is 0 Å². The molecule has 1 N–H and O–H groups in total. The molecule has 39 heavy (non-hydrogen) atoms. The van der Waals surface area contributed by atoms with Crippen LogP contribution < -0.4 is 0 Å². The first-order valence-electron chi connectivity index (χ1n) is 15.9. The fraction of sp³-hybridized carbons (Fsp3) is 0.886. The topological polar surface area (TPSA) is 63.6 Å². The number of carboxylic acid groups (broad SMARTS) is 1. The highest BCUT2D eigenvalue weighted by atomic mass is 16.5. The monoisotopic (exact) mass is 540 g/mol. The van der Waals surface area contributed by atoms with E-state index in [9.17, 15) is 14.7 Å². The van der Waals surface area contributed by atoms with Gasteiger partial charge in [0.05, 0.1) is 0 Å². The molecule has 0 bridgehead atoms. The van der Waals surface area contributed by atoms with Gasteiger partial charge in [-0.05, 0) is 114 Å². The maximum Gasteiger partial charge on any atom is 0.313 e. The van der Waals surface area contributed by atoms with Gasteiger partial charge in [0, 0.05) is 6.92 Å². The van der Waals surface area contributed by atoms with E-state index in [-0.39, 0.29) is 33.0 Å². The summed E-state index contributed by atoms with van der Waals surface area (Å²) in [5, 5.41) is 10.8. The fourth-order valence-electron chi connectivity index (χ4n) is 12.5. The molecule has 4 heteroatoms. The Morgan fingerprint density at radius 2 is 1.41 bits per heavy atom. The van der Waals surface area contributed by atoms with Crippen LogP contribution in [0.5, 0.6) is 0 Å². The zero-order chi connectivity index (χ0) is 29.2. The Labute approximate surface area is 238 Å². The maximum atomic E-state index is 13.2. The molecule has 11 atom stereocenters. The van der Waals surface area contributed by atoms with Crippen molar-refractivity contribution in [2.24, 2.45) is 55.2 Å². The number of hydrogen-bond donors (Lipinski definition) is 1. The van der Waals surface area contributed by atoms with Crippen molar-refractivity contribution < 1.29 is 19.4 Å². The highest BCUT2D eigenvalue weighted by molar-refractivity contribution is 5.78. The predicted molar refractivity (Wildman–Crippen MR) is 156 cm³/mol. The van der Waals surface area contributed by atoms with Gasteiger partial charge in [-0.2, -0.15) is 0 Å². The van der Waals surface area contributed by atoms with E-state index in [1.807, 2.05) is 6.92 Å². The second-order valence-electron chi connectivity index (χ2n) is 16.7. The Balaban J connectivity index is 1.69. The smallest absolute Gasteiger partial charge is 0.313 e. The molecule has 0 aromatic rings. The van der Waals surface area contributed by atoms with Crippen molar-refractivity contribution in [3.63, 3.8) is 0 Å². The standard InChI is InChI=1S/C35H56O4/c1-22-12-15-28(4)18-19-29(5)25(34(28,10)23(22)2)13-16-31(7)30(29,6)20-21-33(9)32(31,8)17-14-26(39-24(3)36)35(33,11)27(37)38/h13,22-23,26H,12,14-21H2,1-11H3,(H,37,38)/t22-,23-,26-,28+,29-,30-,31+,32+,33-,34-,35-/m0/s1. The van der Waals surface area contributed by atoms with Crippen LogP contribution in [-0.4, -0.2) is 23.1 Å². The molecule has 0 spiro atoms. The number of aliphatic carboxylic acids is 1. The summed E-state index contributed by atoms with van der Waals surface area (Å²) in [6.45, 7) is 25.8. The van der Waals surface area contributed by atoms with Gasteiger partial charge in [-0.3, -0.25) is 9.59 Å². The van der Waals surface area contributed by atoms with E-state index < -0.39 is 22.9 Å². The number of ether oxygens (including phenoxy) is 1. The lowest BCUT2D eigenvalue weighted by atomic mass is 9.25. The Kier molecular flexibility index (Phi) is 6.10. The predicted octanol–water partition coefficient (Wildman–Crippen LogP) is 8.83. The highest BCUT2D eigenvalue weighted by Crippen LogP contribution is 2.84. The molecule has 4 fully saturated rings. The summed E-state index contributed by atoms with van der Waals surface area (Å²) in [7, 11) is 0. The third-order valence-corrected chi connectivity index (χ3v) is 16.7. The molecule has 0 unspecified atom stereocenters. The normalized spacial score (nSPS) is 56.7. The van der Waals surface area contributed by atoms with E-state index in [0.717, 1.165) is 31.6 Å². The van der Waals surface area contributed by atoms with Crippen molar-refractivity contribution >= 4 is 11.9 Å². The molecule has 5 aliphatic rings. The fourth-order valence-corrected chi connectivity index (χ4v) is 12.5. The number of carbonyl (C=O) groups is 2. The minimum Gasteiger partial charge on any atom is -0.481 e. The minimum atomic E-state index is -1.13. The van der Waals surface area contributed by atoms with Crippen molar-refractivity contribution in [3.8, 4) is 0 Å². The zero-order valence-electron chi connectivity index (χ0n) is 26.8. The largest absolute Gasteiger partial charge is 0.481 e. The van der Waals surface area contributed by atoms with Gasteiger partial charge >= 0.3 is 11.9 Å². The molecule has 0 aromatic heterocycles. The molecule has 4 saturated carbocycles. The Hall–Kier alpha value is -1.32. The van der Waals surface area contributed by atoms with Gasteiger partial charge in [0.1, 0.15) is 11.5 Å². The lowest BCUT2D eigenvalue weighted by Gasteiger charge is -2.79. The summed E-state index contributed by atoms with van der Waals surface area (Å²) in [6.07, 6.45) is 11.6. The van der Waals surface area contributed by atoms with Crippen molar-refractivity contribution in [1.29, 1.82) is 0 Å². The number of fused-ring (bicyclic) bond motifs is 7. The van der Waals surface area contributed by atoms with Crippen molar-refractivity contribution in [3.05, 3.63) is 11.6 Å². The number of allylic oxidation sites excluding steroid dienone is 2. The van der Waals surface area contributed by atoms with Crippen LogP contribution in [0.15, 0.2) is 11.6 Å². The van der Waals surface area contributed by atoms with Crippen LogP contribution in [0.3, 0.4) is 0 Å². The summed E-state index contributed by atoms with van der Waals surface area (Å²) >= 11 is 0. The van der Waals surface area contributed by atoms with E-state index in [0.29, 0.717) is 17.8 Å². The molecule has 0 aliphatic heterocycles. The molecule has 4 nitrogen and oxygen atoms in total. The molecular formula is C35H56O4. The van der Waals surface area contributed by atoms with Gasteiger partial charge in [0.25, 0.3) is 0 Å². The lowest BCUT2D eigenvalue weighted by molar-refractivity contribution is -0.294. The van der Waals surface area contributed by atoms with E-state index in [2.05, 4.69) is 68.4 Å². The molecule has 0 radical (unpaired) electrons. The molecule has 5 rings (SSSR count). The number of rotatable bonds is 2. The van der Waals surface area contributed by atoms with Crippen molar-refractivity contribution in [2.75, 3.05) is 0 Å². The molecule has 220 valence electrons. The second kappa shape index (κ2) is 8.15. The van der Waals surface area contributed by atoms with Crippen LogP contribution in [0, 0.1) is 55.2 Å². The Morgan fingerprint density at radius 1 is 0.795 bits per heavy atom. The number of carboxylic acids is 1. The average Bonchev–Trinajstić information content (AvgIpc) is 2.85. The van der Waals surface area contributed by atoms with Gasteiger partial charge < -0.3 is 9.84 Å². The number of hydrogen-bond acceptors (Lipinski definition) is 3. The molecule has 0 saturated heterocycles. The second-order valence-corrected chi connectivity index (χ2v) is 16.7. The highest BCUT2D eigenvalue weighted by Gasteiger charge is 2.79. The minimum absolute atomic E-state index is 0.0524. The zero-order valence-corrected chi connectivity index (χ0v) is 26.8. The summed E-state index contributed by atoms with van der Waals surface area (Å²) in [5.41, 5.74) is 0.464. The van der Waals surface area contributed by atoms with Crippen LogP contribution >= 0.6 is 0 Å². The maximum absolute atomic E-state index is 13.2. The SMILES string of the molecule is CC(=O)O[C@H]1CC[C@]2(C)[C@]3(C)CC=C4[C@](C)(CC[C@@]5(C)CC[C@H](C)[C@H](C)[C@@]45C)[C@]3(C)CC[C@]2(C)[C@]1(C)C(=O)O. The lowest BCUT2D eigenvalue weighted by Crippen LogP contribution is -2.74. The third-order valence-electron chi connectivity index (χ3n) is 16.7. The van der Waals surface area contributed by atoms with Crippen molar-refractivity contribution in [2.45, 2.75) is 140 Å². The molecule has 5 aliphatic carbocycles. The first-order valence-corrected chi connectivity index (χ1v) is 15.9. The average molecular weight is 541 g/mol. The quantitative estimate of drug-likeness (QED) is 0.281. The molecule has 0 aromatic carbocycles. The van der Waals surface area contributed by atoms with Crippen LogP contribution in [0.25, 0.3) is 0 Å². The summed E-state index contributed by atoms with van der Waals surface area (Å²) in [5.74, 6) is 0.179. The number of esters is 1. The number of carbonyl (C=O) groups excluding carboxylic acids is 1. The van der Waals surface area contributed by atoms with Crippen molar-refractivity contribution in [1.82, 2.24) is 0 Å². The molecule has 0 amide bonds.